The molecule has 0 aliphatic rings. The second-order valence-corrected chi connectivity index (χ2v) is 7.04. The maximum atomic E-state index is 12.4. The average Bonchev–Trinajstić information content (AvgIpc) is 2.74. The standard InChI is InChI=1S/C24H22N4O/c1-16-13-19(11-12-25-16)18-7-9-22(10-8-18)28-24(29)27-17(2)21-14-20-5-3-4-6-23(20)26-15-21/h3-15,17H,1-2H3,(H2,27,28,29)/t17-/m0/s1. The molecule has 4 aromatic rings. The largest absolute Gasteiger partial charge is 0.331 e. The van der Waals surface area contributed by atoms with E-state index in [0.717, 1.165) is 39.0 Å². The van der Waals surface area contributed by atoms with Crippen LogP contribution in [0, 0.1) is 6.92 Å². The van der Waals surface area contributed by atoms with Crippen LogP contribution in [0.1, 0.15) is 24.2 Å². The van der Waals surface area contributed by atoms with E-state index < -0.39 is 0 Å². The number of benzene rings is 2. The van der Waals surface area contributed by atoms with Crippen LogP contribution in [0.2, 0.25) is 0 Å². The quantitative estimate of drug-likeness (QED) is 0.490. The molecule has 2 heterocycles. The first-order valence-electron chi connectivity index (χ1n) is 9.54. The van der Waals surface area contributed by atoms with Gasteiger partial charge in [-0.15, -0.1) is 0 Å². The van der Waals surface area contributed by atoms with Gasteiger partial charge < -0.3 is 10.6 Å². The molecule has 1 atom stereocenters. The predicted molar refractivity (Wildman–Crippen MR) is 117 cm³/mol. The van der Waals surface area contributed by atoms with Crippen molar-refractivity contribution >= 4 is 22.6 Å². The van der Waals surface area contributed by atoms with E-state index >= 15 is 0 Å². The monoisotopic (exact) mass is 382 g/mol. The molecule has 2 N–H and O–H groups in total. The summed E-state index contributed by atoms with van der Waals surface area (Å²) in [5.41, 5.74) is 5.80. The van der Waals surface area contributed by atoms with Crippen molar-refractivity contribution in [3.05, 3.63) is 90.4 Å². The molecule has 0 aliphatic heterocycles. The van der Waals surface area contributed by atoms with E-state index in [1.54, 1.807) is 12.4 Å². The third-order valence-electron chi connectivity index (χ3n) is 4.83. The number of aryl methyl sites for hydroxylation is 1. The van der Waals surface area contributed by atoms with Crippen LogP contribution >= 0.6 is 0 Å². The van der Waals surface area contributed by atoms with Crippen molar-refractivity contribution in [3.63, 3.8) is 0 Å². The first kappa shape index (κ1) is 18.6. The highest BCUT2D eigenvalue weighted by Gasteiger charge is 2.11. The Morgan fingerprint density at radius 3 is 2.52 bits per heavy atom. The minimum Gasteiger partial charge on any atom is -0.331 e. The molecule has 0 radical (unpaired) electrons. The summed E-state index contributed by atoms with van der Waals surface area (Å²) in [5, 5.41) is 6.91. The van der Waals surface area contributed by atoms with Gasteiger partial charge in [0.25, 0.3) is 0 Å². The molecule has 0 unspecified atom stereocenters. The van der Waals surface area contributed by atoms with Crippen LogP contribution in [-0.4, -0.2) is 16.0 Å². The van der Waals surface area contributed by atoms with Gasteiger partial charge >= 0.3 is 6.03 Å². The fourth-order valence-corrected chi connectivity index (χ4v) is 3.24. The number of urea groups is 1. The molecule has 0 bridgehead atoms. The van der Waals surface area contributed by atoms with Gasteiger partial charge in [-0.05, 0) is 66.9 Å². The van der Waals surface area contributed by atoms with Gasteiger partial charge in [-0.25, -0.2) is 4.79 Å². The van der Waals surface area contributed by atoms with Gasteiger partial charge in [0.1, 0.15) is 0 Å². The number of rotatable bonds is 4. The van der Waals surface area contributed by atoms with Gasteiger partial charge in [0, 0.05) is 29.2 Å². The molecule has 0 aliphatic carbocycles. The summed E-state index contributed by atoms with van der Waals surface area (Å²) in [6, 6.07) is 21.4. The van der Waals surface area contributed by atoms with Crippen LogP contribution in [0.25, 0.3) is 22.0 Å². The highest BCUT2D eigenvalue weighted by atomic mass is 16.2. The van der Waals surface area contributed by atoms with E-state index in [1.807, 2.05) is 74.5 Å². The second kappa shape index (κ2) is 8.10. The zero-order valence-corrected chi connectivity index (χ0v) is 16.4. The minimum absolute atomic E-state index is 0.161. The number of carbonyl (C=O) groups is 1. The van der Waals surface area contributed by atoms with Crippen molar-refractivity contribution in [2.45, 2.75) is 19.9 Å². The third kappa shape index (κ3) is 4.41. The number of amides is 2. The average molecular weight is 382 g/mol. The summed E-state index contributed by atoms with van der Waals surface area (Å²) in [6.07, 6.45) is 3.60. The zero-order valence-electron chi connectivity index (χ0n) is 16.4. The normalized spacial score (nSPS) is 11.8. The molecular formula is C24H22N4O. The van der Waals surface area contributed by atoms with Gasteiger partial charge in [-0.1, -0.05) is 30.3 Å². The lowest BCUT2D eigenvalue weighted by atomic mass is 10.1. The molecule has 0 saturated carbocycles. The second-order valence-electron chi connectivity index (χ2n) is 7.04. The Morgan fingerprint density at radius 2 is 1.72 bits per heavy atom. The summed E-state index contributed by atoms with van der Waals surface area (Å²) < 4.78 is 0. The summed E-state index contributed by atoms with van der Waals surface area (Å²) >= 11 is 0. The number of aromatic nitrogens is 2. The van der Waals surface area contributed by atoms with Crippen molar-refractivity contribution in [1.82, 2.24) is 15.3 Å². The predicted octanol–water partition coefficient (Wildman–Crippen LogP) is 5.49. The Bertz CT molecular complexity index is 1150. The summed E-state index contributed by atoms with van der Waals surface area (Å²) in [6.45, 7) is 3.91. The molecule has 5 nitrogen and oxygen atoms in total. The lowest BCUT2D eigenvalue weighted by molar-refractivity contribution is 0.249. The first-order chi connectivity index (χ1) is 14.1. The Kier molecular flexibility index (Phi) is 5.20. The lowest BCUT2D eigenvalue weighted by Gasteiger charge is -2.15. The summed E-state index contributed by atoms with van der Waals surface area (Å²) in [5.74, 6) is 0. The SMILES string of the molecule is Cc1cc(-c2ccc(NC(=O)N[C@@H](C)c3cnc4ccccc4c3)cc2)ccn1. The van der Waals surface area contributed by atoms with Crippen molar-refractivity contribution in [3.8, 4) is 11.1 Å². The molecule has 0 spiro atoms. The van der Waals surface area contributed by atoms with E-state index in [0.29, 0.717) is 0 Å². The topological polar surface area (TPSA) is 66.9 Å². The number of anilines is 1. The van der Waals surface area contributed by atoms with Gasteiger partial charge in [-0.2, -0.15) is 0 Å². The minimum atomic E-state index is -0.252. The van der Waals surface area contributed by atoms with Gasteiger partial charge in [0.15, 0.2) is 0 Å². The van der Waals surface area contributed by atoms with Crippen LogP contribution in [-0.2, 0) is 0 Å². The third-order valence-corrected chi connectivity index (χ3v) is 4.83. The van der Waals surface area contributed by atoms with Crippen LogP contribution in [0.5, 0.6) is 0 Å². The molecule has 0 fully saturated rings. The van der Waals surface area contributed by atoms with Gasteiger partial charge in [-0.3, -0.25) is 9.97 Å². The number of pyridine rings is 2. The molecule has 2 aromatic carbocycles. The molecule has 29 heavy (non-hydrogen) atoms. The molecule has 2 amide bonds. The van der Waals surface area contributed by atoms with Crippen LogP contribution < -0.4 is 10.6 Å². The van der Waals surface area contributed by atoms with E-state index in [2.05, 4.69) is 26.7 Å². The Morgan fingerprint density at radius 1 is 0.931 bits per heavy atom. The van der Waals surface area contributed by atoms with Crippen molar-refractivity contribution in [2.24, 2.45) is 0 Å². The van der Waals surface area contributed by atoms with Crippen LogP contribution in [0.4, 0.5) is 10.5 Å². The molecule has 144 valence electrons. The van der Waals surface area contributed by atoms with Crippen LogP contribution in [0.3, 0.4) is 0 Å². The van der Waals surface area contributed by atoms with Gasteiger partial charge in [0.05, 0.1) is 11.6 Å². The van der Waals surface area contributed by atoms with E-state index in [1.165, 1.54) is 0 Å². The lowest BCUT2D eigenvalue weighted by Crippen LogP contribution is -2.31. The number of hydrogen-bond donors (Lipinski definition) is 2. The summed E-state index contributed by atoms with van der Waals surface area (Å²) in [7, 11) is 0. The first-order valence-corrected chi connectivity index (χ1v) is 9.54. The fraction of sp³-hybridized carbons (Fsp3) is 0.125. The van der Waals surface area contributed by atoms with E-state index in [4.69, 9.17) is 0 Å². The number of fused-ring (bicyclic) bond motifs is 1. The Labute approximate surface area is 169 Å². The zero-order chi connectivity index (χ0) is 20.2. The molecular weight excluding hydrogens is 360 g/mol. The van der Waals surface area contributed by atoms with Crippen molar-refractivity contribution < 1.29 is 4.79 Å². The number of nitrogens with one attached hydrogen (secondary N) is 2. The van der Waals surface area contributed by atoms with Crippen molar-refractivity contribution in [2.75, 3.05) is 5.32 Å². The Hall–Kier alpha value is -3.73. The van der Waals surface area contributed by atoms with Crippen molar-refractivity contribution in [1.29, 1.82) is 0 Å². The number of carbonyl (C=O) groups excluding carboxylic acids is 1. The highest BCUT2D eigenvalue weighted by Crippen LogP contribution is 2.22. The maximum absolute atomic E-state index is 12.4. The summed E-state index contributed by atoms with van der Waals surface area (Å²) in [4.78, 5) is 21.1. The van der Waals surface area contributed by atoms with Gasteiger partial charge in [0.2, 0.25) is 0 Å². The van der Waals surface area contributed by atoms with E-state index in [-0.39, 0.29) is 12.1 Å². The molecule has 5 heteroatoms. The smallest absolute Gasteiger partial charge is 0.319 e. The maximum Gasteiger partial charge on any atom is 0.319 e. The molecule has 0 saturated heterocycles. The fourth-order valence-electron chi connectivity index (χ4n) is 3.24. The number of hydrogen-bond acceptors (Lipinski definition) is 3. The Balaban J connectivity index is 1.41. The number of para-hydroxylation sites is 1. The number of nitrogens with zero attached hydrogens (tertiary/aromatic N) is 2. The van der Waals surface area contributed by atoms with Crippen LogP contribution in [0.15, 0.2) is 79.1 Å². The van der Waals surface area contributed by atoms with E-state index in [9.17, 15) is 4.79 Å². The molecule has 4 rings (SSSR count). The molecule has 2 aromatic heterocycles. The highest BCUT2D eigenvalue weighted by molar-refractivity contribution is 5.90.